The smallest absolute Gasteiger partial charge is 0.331 e. The van der Waals surface area contributed by atoms with E-state index in [0.717, 1.165) is 16.7 Å². The van der Waals surface area contributed by atoms with Gasteiger partial charge in [-0.2, -0.15) is 0 Å². The standard InChI is InChI=1S/C29H31N3O4/c1-21(24-17-11-6-12-18-24)30(2)27(33)25-26(28(34)36-3)32(20-23-15-9-5-10-16-23)29(35)31(25)19-22-13-7-4-8-14-22/h4-18,21,25-26H,19-20H2,1-3H3/t21-,25+,26-/m0/s1. The predicted octanol–water partition coefficient (Wildman–Crippen LogP) is 4.25. The lowest BCUT2D eigenvalue weighted by atomic mass is 10.0. The van der Waals surface area contributed by atoms with Gasteiger partial charge in [0.25, 0.3) is 0 Å². The van der Waals surface area contributed by atoms with Crippen molar-refractivity contribution in [1.29, 1.82) is 0 Å². The zero-order valence-electron chi connectivity index (χ0n) is 20.8. The van der Waals surface area contributed by atoms with Gasteiger partial charge in [0.1, 0.15) is 6.04 Å². The first kappa shape index (κ1) is 25.0. The Hall–Kier alpha value is -4.13. The van der Waals surface area contributed by atoms with Gasteiger partial charge in [-0.15, -0.1) is 0 Å². The molecule has 1 heterocycles. The van der Waals surface area contributed by atoms with Crippen molar-refractivity contribution in [3.8, 4) is 0 Å². The molecule has 1 aliphatic rings. The second-order valence-corrected chi connectivity index (χ2v) is 8.96. The van der Waals surface area contributed by atoms with Gasteiger partial charge in [-0.3, -0.25) is 4.79 Å². The van der Waals surface area contributed by atoms with Crippen LogP contribution in [0.2, 0.25) is 0 Å². The van der Waals surface area contributed by atoms with Crippen LogP contribution in [0.15, 0.2) is 91.0 Å². The van der Waals surface area contributed by atoms with E-state index in [1.165, 1.54) is 16.9 Å². The van der Waals surface area contributed by atoms with Crippen molar-refractivity contribution >= 4 is 17.9 Å². The summed E-state index contributed by atoms with van der Waals surface area (Å²) in [5.41, 5.74) is 2.69. The molecule has 186 valence electrons. The normalized spacial score (nSPS) is 18.1. The highest BCUT2D eigenvalue weighted by Gasteiger charge is 2.54. The van der Waals surface area contributed by atoms with Crippen molar-refractivity contribution in [3.63, 3.8) is 0 Å². The third-order valence-electron chi connectivity index (χ3n) is 6.76. The number of nitrogens with zero attached hydrogens (tertiary/aromatic N) is 3. The average molecular weight is 486 g/mol. The highest BCUT2D eigenvalue weighted by Crippen LogP contribution is 2.31. The van der Waals surface area contributed by atoms with Gasteiger partial charge < -0.3 is 19.4 Å². The molecule has 0 N–H and O–H groups in total. The van der Waals surface area contributed by atoms with Crippen LogP contribution in [0.25, 0.3) is 0 Å². The zero-order chi connectivity index (χ0) is 25.7. The van der Waals surface area contributed by atoms with Gasteiger partial charge in [0.2, 0.25) is 5.91 Å². The summed E-state index contributed by atoms with van der Waals surface area (Å²) in [4.78, 5) is 45.5. The Morgan fingerprint density at radius 3 is 1.72 bits per heavy atom. The SMILES string of the molecule is COC(=O)[C@@H]1[C@H](C(=O)N(C)[C@@H](C)c2ccccc2)N(Cc2ccccc2)C(=O)N1Cc1ccccc1. The summed E-state index contributed by atoms with van der Waals surface area (Å²) in [7, 11) is 2.99. The highest BCUT2D eigenvalue weighted by atomic mass is 16.5. The van der Waals surface area contributed by atoms with E-state index in [2.05, 4.69) is 0 Å². The molecule has 7 nitrogen and oxygen atoms in total. The quantitative estimate of drug-likeness (QED) is 0.447. The van der Waals surface area contributed by atoms with Crippen molar-refractivity contribution in [2.75, 3.05) is 14.2 Å². The van der Waals surface area contributed by atoms with Crippen LogP contribution in [0, 0.1) is 0 Å². The number of likely N-dealkylation sites (N-methyl/N-ethyl adjacent to an activating group) is 1. The summed E-state index contributed by atoms with van der Waals surface area (Å²) in [6.45, 7) is 2.31. The first-order chi connectivity index (χ1) is 17.4. The Morgan fingerprint density at radius 1 is 0.806 bits per heavy atom. The van der Waals surface area contributed by atoms with E-state index in [4.69, 9.17) is 4.74 Å². The third-order valence-corrected chi connectivity index (χ3v) is 6.76. The van der Waals surface area contributed by atoms with Crippen molar-refractivity contribution in [2.45, 2.75) is 38.1 Å². The van der Waals surface area contributed by atoms with E-state index >= 15 is 0 Å². The number of amides is 3. The van der Waals surface area contributed by atoms with Gasteiger partial charge >= 0.3 is 12.0 Å². The number of methoxy groups -OCH3 is 1. The lowest BCUT2D eigenvalue weighted by molar-refractivity contribution is -0.151. The van der Waals surface area contributed by atoms with Gasteiger partial charge in [-0.1, -0.05) is 91.0 Å². The summed E-state index contributed by atoms with van der Waals surface area (Å²) >= 11 is 0. The van der Waals surface area contributed by atoms with Gasteiger partial charge in [0.05, 0.1) is 13.2 Å². The number of carbonyl (C=O) groups excluding carboxylic acids is 3. The Labute approximate surface area is 211 Å². The molecule has 36 heavy (non-hydrogen) atoms. The van der Waals surface area contributed by atoms with Crippen LogP contribution in [0.5, 0.6) is 0 Å². The van der Waals surface area contributed by atoms with E-state index in [-0.39, 0.29) is 31.1 Å². The van der Waals surface area contributed by atoms with Gasteiger partial charge in [-0.05, 0) is 23.6 Å². The minimum Gasteiger partial charge on any atom is -0.467 e. The number of esters is 1. The van der Waals surface area contributed by atoms with E-state index in [1.807, 2.05) is 97.9 Å². The van der Waals surface area contributed by atoms with Gasteiger partial charge in [-0.25, -0.2) is 9.59 Å². The van der Waals surface area contributed by atoms with Crippen LogP contribution in [0.4, 0.5) is 4.79 Å². The lowest BCUT2D eigenvalue weighted by Crippen LogP contribution is -2.53. The molecular formula is C29H31N3O4. The summed E-state index contributed by atoms with van der Waals surface area (Å²) in [5, 5.41) is 0. The maximum Gasteiger partial charge on any atom is 0.331 e. The van der Waals surface area contributed by atoms with E-state index in [0.29, 0.717) is 0 Å². The number of rotatable bonds is 8. The molecule has 4 rings (SSSR count). The number of hydrogen-bond acceptors (Lipinski definition) is 4. The number of ether oxygens (including phenoxy) is 1. The minimum absolute atomic E-state index is 0.187. The number of hydrogen-bond donors (Lipinski definition) is 0. The highest BCUT2D eigenvalue weighted by molar-refractivity contribution is 5.99. The van der Waals surface area contributed by atoms with Crippen LogP contribution in [0.1, 0.15) is 29.7 Å². The Balaban J connectivity index is 1.73. The van der Waals surface area contributed by atoms with Gasteiger partial charge in [0.15, 0.2) is 6.04 Å². The molecule has 3 atom stereocenters. The molecule has 3 amide bonds. The molecule has 1 fully saturated rings. The summed E-state index contributed by atoms with van der Waals surface area (Å²) in [5.74, 6) is -0.935. The van der Waals surface area contributed by atoms with Crippen molar-refractivity contribution in [3.05, 3.63) is 108 Å². The van der Waals surface area contributed by atoms with Gasteiger partial charge in [0, 0.05) is 20.1 Å². The third kappa shape index (κ3) is 5.10. The molecule has 0 aromatic heterocycles. The average Bonchev–Trinajstić information content (AvgIpc) is 3.19. The molecule has 3 aromatic carbocycles. The molecule has 0 radical (unpaired) electrons. The first-order valence-corrected chi connectivity index (χ1v) is 12.0. The monoisotopic (exact) mass is 485 g/mol. The molecule has 0 spiro atoms. The Bertz CT molecular complexity index is 1190. The minimum atomic E-state index is -1.08. The predicted molar refractivity (Wildman–Crippen MR) is 137 cm³/mol. The Kier molecular flexibility index (Phi) is 7.68. The molecular weight excluding hydrogens is 454 g/mol. The van der Waals surface area contributed by atoms with Crippen molar-refractivity contribution in [1.82, 2.24) is 14.7 Å². The Morgan fingerprint density at radius 2 is 1.25 bits per heavy atom. The van der Waals surface area contributed by atoms with E-state index in [9.17, 15) is 14.4 Å². The van der Waals surface area contributed by atoms with Crippen LogP contribution in [-0.2, 0) is 27.4 Å². The second-order valence-electron chi connectivity index (χ2n) is 8.96. The molecule has 1 saturated heterocycles. The van der Waals surface area contributed by atoms with Crippen LogP contribution in [-0.4, -0.2) is 58.8 Å². The fraction of sp³-hybridized carbons (Fsp3) is 0.276. The largest absolute Gasteiger partial charge is 0.467 e. The fourth-order valence-electron chi connectivity index (χ4n) is 4.64. The second kappa shape index (κ2) is 11.1. The zero-order valence-corrected chi connectivity index (χ0v) is 20.8. The molecule has 0 unspecified atom stereocenters. The first-order valence-electron chi connectivity index (χ1n) is 12.0. The maximum absolute atomic E-state index is 14.0. The summed E-state index contributed by atoms with van der Waals surface area (Å²) in [6, 6.07) is 25.8. The van der Waals surface area contributed by atoms with Crippen molar-refractivity contribution in [2.24, 2.45) is 0 Å². The van der Waals surface area contributed by atoms with E-state index in [1.54, 1.807) is 11.9 Å². The van der Waals surface area contributed by atoms with Crippen LogP contribution >= 0.6 is 0 Å². The molecule has 0 saturated carbocycles. The van der Waals surface area contributed by atoms with Crippen LogP contribution < -0.4 is 0 Å². The van der Waals surface area contributed by atoms with E-state index < -0.39 is 18.1 Å². The molecule has 3 aromatic rings. The lowest BCUT2D eigenvalue weighted by Gasteiger charge is -2.32. The molecule has 0 bridgehead atoms. The van der Waals surface area contributed by atoms with Crippen LogP contribution in [0.3, 0.4) is 0 Å². The van der Waals surface area contributed by atoms with Crippen molar-refractivity contribution < 1.29 is 19.1 Å². The molecule has 7 heteroatoms. The molecule has 0 aliphatic carbocycles. The summed E-state index contributed by atoms with van der Waals surface area (Å²) < 4.78 is 5.12. The topological polar surface area (TPSA) is 70.2 Å². The number of urea groups is 1. The molecule has 1 aliphatic heterocycles. The summed E-state index contributed by atoms with van der Waals surface area (Å²) in [6.07, 6.45) is 0. The maximum atomic E-state index is 14.0. The number of benzene rings is 3. The number of carbonyl (C=O) groups is 3. The fourth-order valence-corrected chi connectivity index (χ4v) is 4.64.